The smallest absolute Gasteiger partial charge is 0.214 e. The first kappa shape index (κ1) is 19.8. The Hall–Kier alpha value is -3.50. The van der Waals surface area contributed by atoms with E-state index in [9.17, 15) is 9.90 Å². The van der Waals surface area contributed by atoms with Crippen LogP contribution in [0.15, 0.2) is 91.0 Å². The zero-order valence-electron chi connectivity index (χ0n) is 16.6. The van der Waals surface area contributed by atoms with Gasteiger partial charge in [-0.1, -0.05) is 72.8 Å². The van der Waals surface area contributed by atoms with Gasteiger partial charge in [0.05, 0.1) is 5.52 Å². The molecule has 4 nitrogen and oxygen atoms in total. The summed E-state index contributed by atoms with van der Waals surface area (Å²) < 4.78 is 5.87. The molecule has 1 unspecified atom stereocenters. The number of Topliss-reactive ketones (excluding diaryl/α,β-unsaturated/α-hetero) is 1. The lowest BCUT2D eigenvalue weighted by molar-refractivity contribution is -0.125. The number of aliphatic hydroxyl groups excluding tert-OH is 1. The van der Waals surface area contributed by atoms with Crippen molar-refractivity contribution < 1.29 is 14.6 Å². The van der Waals surface area contributed by atoms with E-state index in [4.69, 9.17) is 4.74 Å². The number of hydrogen-bond donors (Lipinski definition) is 1. The predicted octanol–water partition coefficient (Wildman–Crippen LogP) is 4.84. The van der Waals surface area contributed by atoms with Gasteiger partial charge in [-0.25, -0.2) is 4.98 Å². The van der Waals surface area contributed by atoms with Crippen LogP contribution in [0, 0.1) is 0 Å². The van der Waals surface area contributed by atoms with E-state index in [-0.39, 0.29) is 25.2 Å². The Morgan fingerprint density at radius 1 is 0.833 bits per heavy atom. The number of fused-ring (bicyclic) bond motifs is 1. The second-order valence-corrected chi connectivity index (χ2v) is 7.17. The Balaban J connectivity index is 1.46. The summed E-state index contributed by atoms with van der Waals surface area (Å²) in [5, 5.41) is 10.4. The molecule has 4 heteroatoms. The van der Waals surface area contributed by atoms with Crippen LogP contribution in [0.1, 0.15) is 12.0 Å². The zero-order valence-corrected chi connectivity index (χ0v) is 16.6. The number of benzene rings is 3. The largest absolute Gasteiger partial charge is 0.466 e. The maximum atomic E-state index is 12.9. The molecule has 1 aromatic heterocycles. The van der Waals surface area contributed by atoms with E-state index in [1.807, 2.05) is 72.8 Å². The Kier molecular flexibility index (Phi) is 6.16. The van der Waals surface area contributed by atoms with Gasteiger partial charge in [-0.3, -0.25) is 4.79 Å². The molecule has 1 heterocycles. The van der Waals surface area contributed by atoms with Gasteiger partial charge in [0.2, 0.25) is 5.88 Å². The fourth-order valence-corrected chi connectivity index (χ4v) is 3.42. The van der Waals surface area contributed by atoms with Crippen LogP contribution in [0.2, 0.25) is 0 Å². The number of carbonyl (C=O) groups excluding carboxylic acids is 1. The van der Waals surface area contributed by atoms with E-state index in [0.29, 0.717) is 5.88 Å². The van der Waals surface area contributed by atoms with Crippen LogP contribution in [0.3, 0.4) is 0 Å². The van der Waals surface area contributed by atoms with Gasteiger partial charge in [-0.05, 0) is 28.8 Å². The van der Waals surface area contributed by atoms with E-state index < -0.39 is 6.10 Å². The second kappa shape index (κ2) is 9.33. The summed E-state index contributed by atoms with van der Waals surface area (Å²) in [4.78, 5) is 17.3. The lowest BCUT2D eigenvalue weighted by atomic mass is 10.00. The number of pyridine rings is 1. The number of carbonyl (C=O) groups is 1. The normalized spacial score (nSPS) is 11.9. The molecule has 4 rings (SSSR count). The van der Waals surface area contributed by atoms with Crippen LogP contribution in [-0.2, 0) is 11.2 Å². The van der Waals surface area contributed by atoms with Crippen LogP contribution >= 0.6 is 0 Å². The molecule has 150 valence electrons. The molecular weight excluding hydrogens is 374 g/mol. The van der Waals surface area contributed by atoms with E-state index in [1.54, 1.807) is 6.07 Å². The highest BCUT2D eigenvalue weighted by molar-refractivity contribution is 5.86. The monoisotopic (exact) mass is 397 g/mol. The average molecular weight is 397 g/mol. The highest BCUT2D eigenvalue weighted by Crippen LogP contribution is 2.21. The van der Waals surface area contributed by atoms with Gasteiger partial charge in [0.15, 0.2) is 11.9 Å². The molecule has 0 saturated carbocycles. The van der Waals surface area contributed by atoms with Crippen molar-refractivity contribution in [2.45, 2.75) is 18.9 Å². The van der Waals surface area contributed by atoms with Crippen LogP contribution in [0.5, 0.6) is 5.88 Å². The van der Waals surface area contributed by atoms with Crippen molar-refractivity contribution in [2.75, 3.05) is 6.61 Å². The van der Waals surface area contributed by atoms with Crippen LogP contribution in [0.4, 0.5) is 0 Å². The molecule has 0 aliphatic rings. The van der Waals surface area contributed by atoms with E-state index in [2.05, 4.69) is 17.1 Å². The first-order chi connectivity index (χ1) is 14.7. The third-order valence-electron chi connectivity index (χ3n) is 5.03. The standard InChI is InChI=1S/C26H23NO3/c28-17-16-25(30-26-15-14-22-8-4-5-9-23(22)27-26)24(29)18-19-10-12-21(13-11-19)20-6-2-1-3-7-20/h1-15,25,28H,16-18H2. The number of hydrogen-bond acceptors (Lipinski definition) is 4. The predicted molar refractivity (Wildman–Crippen MR) is 118 cm³/mol. The van der Waals surface area contributed by atoms with Crippen molar-refractivity contribution in [3.63, 3.8) is 0 Å². The topological polar surface area (TPSA) is 59.4 Å². The van der Waals surface area contributed by atoms with Gasteiger partial charge in [0, 0.05) is 30.9 Å². The van der Waals surface area contributed by atoms with Gasteiger partial charge in [-0.2, -0.15) is 0 Å². The zero-order chi connectivity index (χ0) is 20.8. The molecule has 1 N–H and O–H groups in total. The molecule has 0 saturated heterocycles. The molecule has 0 aliphatic heterocycles. The van der Waals surface area contributed by atoms with Crippen molar-refractivity contribution in [1.29, 1.82) is 0 Å². The first-order valence-electron chi connectivity index (χ1n) is 10.0. The SMILES string of the molecule is O=C(Cc1ccc(-c2ccccc2)cc1)C(CCO)Oc1ccc2ccccc2n1. The Morgan fingerprint density at radius 2 is 1.53 bits per heavy atom. The number of nitrogens with zero attached hydrogens (tertiary/aromatic N) is 1. The summed E-state index contributed by atoms with van der Waals surface area (Å²) in [5.41, 5.74) is 3.97. The summed E-state index contributed by atoms with van der Waals surface area (Å²) in [6.45, 7) is -0.128. The van der Waals surface area contributed by atoms with Crippen molar-refractivity contribution in [1.82, 2.24) is 4.98 Å². The molecule has 4 aromatic rings. The molecule has 0 fully saturated rings. The minimum absolute atomic E-state index is 0.0773. The van der Waals surface area contributed by atoms with Gasteiger partial charge >= 0.3 is 0 Å². The molecule has 0 bridgehead atoms. The van der Waals surface area contributed by atoms with Crippen LogP contribution in [0.25, 0.3) is 22.0 Å². The lowest BCUT2D eigenvalue weighted by Gasteiger charge is -2.17. The summed E-state index contributed by atoms with van der Waals surface area (Å²) in [6.07, 6.45) is -0.264. The molecule has 30 heavy (non-hydrogen) atoms. The van der Waals surface area contributed by atoms with E-state index >= 15 is 0 Å². The highest BCUT2D eigenvalue weighted by atomic mass is 16.5. The lowest BCUT2D eigenvalue weighted by Crippen LogP contribution is -2.30. The summed E-state index contributed by atoms with van der Waals surface area (Å²) >= 11 is 0. The maximum absolute atomic E-state index is 12.9. The quantitative estimate of drug-likeness (QED) is 0.462. The van der Waals surface area contributed by atoms with Gasteiger partial charge in [0.1, 0.15) is 0 Å². The van der Waals surface area contributed by atoms with Crippen molar-refractivity contribution >= 4 is 16.7 Å². The fourth-order valence-electron chi connectivity index (χ4n) is 3.42. The van der Waals surface area contributed by atoms with Crippen LogP contribution in [-0.4, -0.2) is 28.6 Å². The maximum Gasteiger partial charge on any atom is 0.214 e. The van der Waals surface area contributed by atoms with Gasteiger partial charge in [-0.15, -0.1) is 0 Å². The number of aromatic nitrogens is 1. The Morgan fingerprint density at radius 3 is 2.30 bits per heavy atom. The molecule has 3 aromatic carbocycles. The number of ether oxygens (including phenoxy) is 1. The third-order valence-corrected chi connectivity index (χ3v) is 5.03. The fraction of sp³-hybridized carbons (Fsp3) is 0.154. The van der Waals surface area contributed by atoms with Gasteiger partial charge < -0.3 is 9.84 Å². The van der Waals surface area contributed by atoms with E-state index in [0.717, 1.165) is 27.6 Å². The van der Waals surface area contributed by atoms with Gasteiger partial charge in [0.25, 0.3) is 0 Å². The number of ketones is 1. The number of rotatable bonds is 8. The molecule has 0 spiro atoms. The van der Waals surface area contributed by atoms with Crippen molar-refractivity contribution in [2.24, 2.45) is 0 Å². The van der Waals surface area contributed by atoms with Crippen molar-refractivity contribution in [3.05, 3.63) is 96.6 Å². The Labute approximate surface area is 175 Å². The van der Waals surface area contributed by atoms with Crippen molar-refractivity contribution in [3.8, 4) is 17.0 Å². The molecular formula is C26H23NO3. The minimum atomic E-state index is -0.738. The molecule has 1 atom stereocenters. The number of aliphatic hydroxyl groups is 1. The summed E-state index contributed by atoms with van der Waals surface area (Å²) in [6, 6.07) is 29.5. The molecule has 0 amide bonds. The van der Waals surface area contributed by atoms with Crippen LogP contribution < -0.4 is 4.74 Å². The average Bonchev–Trinajstić information content (AvgIpc) is 2.80. The molecule has 0 radical (unpaired) electrons. The molecule has 0 aliphatic carbocycles. The third kappa shape index (κ3) is 4.73. The summed E-state index contributed by atoms with van der Waals surface area (Å²) in [5.74, 6) is 0.311. The number of para-hydroxylation sites is 1. The minimum Gasteiger partial charge on any atom is -0.466 e. The highest BCUT2D eigenvalue weighted by Gasteiger charge is 2.21. The first-order valence-corrected chi connectivity index (χ1v) is 10.0. The summed E-state index contributed by atoms with van der Waals surface area (Å²) in [7, 11) is 0. The Bertz CT molecular complexity index is 1120. The second-order valence-electron chi connectivity index (χ2n) is 7.17. The van der Waals surface area contributed by atoms with E-state index in [1.165, 1.54) is 0 Å².